The van der Waals surface area contributed by atoms with Gasteiger partial charge in [0.2, 0.25) is 0 Å². The number of benzene rings is 1. The molecule has 1 saturated heterocycles. The predicted octanol–water partition coefficient (Wildman–Crippen LogP) is 3.26. The van der Waals surface area contributed by atoms with E-state index in [1.807, 2.05) is 0 Å². The predicted molar refractivity (Wildman–Crippen MR) is 63.6 cm³/mol. The van der Waals surface area contributed by atoms with E-state index in [0.717, 1.165) is 5.92 Å². The molecule has 0 radical (unpaired) electrons. The Balaban J connectivity index is 2.13. The van der Waals surface area contributed by atoms with Gasteiger partial charge in [-0.1, -0.05) is 41.1 Å². The summed E-state index contributed by atoms with van der Waals surface area (Å²) in [6, 6.07) is 8.60. The first-order valence-corrected chi connectivity index (χ1v) is 6.07. The highest BCUT2D eigenvalue weighted by atomic mass is 79.9. The molecule has 0 amide bonds. The first-order valence-electron chi connectivity index (χ1n) is 5.28. The van der Waals surface area contributed by atoms with Crippen LogP contribution in [0.4, 0.5) is 0 Å². The van der Waals surface area contributed by atoms with Crippen molar-refractivity contribution in [3.63, 3.8) is 0 Å². The fourth-order valence-electron chi connectivity index (χ4n) is 2.18. The zero-order valence-corrected chi connectivity index (χ0v) is 10.1. The topological polar surface area (TPSA) is 3.24 Å². The van der Waals surface area contributed by atoms with Crippen molar-refractivity contribution in [2.45, 2.75) is 19.3 Å². The molecule has 1 aliphatic heterocycles. The lowest BCUT2D eigenvalue weighted by molar-refractivity contribution is 0.354. The van der Waals surface area contributed by atoms with Gasteiger partial charge in [-0.15, -0.1) is 0 Å². The monoisotopic (exact) mass is 253 g/mol. The molecule has 1 fully saturated rings. The second-order valence-corrected chi connectivity index (χ2v) is 4.75. The number of nitrogens with zero attached hydrogens (tertiary/aromatic N) is 1. The van der Waals surface area contributed by atoms with Crippen LogP contribution >= 0.6 is 15.9 Å². The van der Waals surface area contributed by atoms with Crippen molar-refractivity contribution in [1.82, 2.24) is 4.90 Å². The minimum atomic E-state index is 0.727. The highest BCUT2D eigenvalue weighted by Gasteiger charge is 2.23. The van der Waals surface area contributed by atoms with Crippen LogP contribution < -0.4 is 0 Å². The van der Waals surface area contributed by atoms with Crippen molar-refractivity contribution >= 4 is 15.9 Å². The molecule has 1 aliphatic rings. The van der Waals surface area contributed by atoms with Crippen LogP contribution in [0.2, 0.25) is 0 Å². The van der Waals surface area contributed by atoms with Gasteiger partial charge in [0.15, 0.2) is 0 Å². The van der Waals surface area contributed by atoms with Gasteiger partial charge in [-0.3, -0.25) is 0 Å². The van der Waals surface area contributed by atoms with Gasteiger partial charge in [-0.2, -0.15) is 0 Å². The molecule has 0 aromatic heterocycles. The lowest BCUT2D eigenvalue weighted by atomic mass is 9.99. The van der Waals surface area contributed by atoms with E-state index in [0.29, 0.717) is 0 Å². The van der Waals surface area contributed by atoms with Crippen LogP contribution in [-0.2, 0) is 0 Å². The van der Waals surface area contributed by atoms with Crippen LogP contribution in [-0.4, -0.2) is 24.5 Å². The third kappa shape index (κ3) is 2.01. The summed E-state index contributed by atoms with van der Waals surface area (Å²) in [5.41, 5.74) is 1.48. The second kappa shape index (κ2) is 4.45. The summed E-state index contributed by atoms with van der Waals surface area (Å²) in [5.74, 6) is 0.727. The second-order valence-electron chi connectivity index (χ2n) is 3.90. The van der Waals surface area contributed by atoms with Crippen LogP contribution in [0.3, 0.4) is 0 Å². The van der Waals surface area contributed by atoms with Crippen molar-refractivity contribution in [3.8, 4) is 0 Å². The lowest BCUT2D eigenvalue weighted by Crippen LogP contribution is -2.19. The molecule has 1 heterocycles. The smallest absolute Gasteiger partial charge is 0.0210 e. The first-order chi connectivity index (χ1) is 6.81. The average molecular weight is 254 g/mol. The van der Waals surface area contributed by atoms with E-state index in [1.54, 1.807) is 0 Å². The van der Waals surface area contributed by atoms with Crippen LogP contribution in [0, 0.1) is 0 Å². The average Bonchev–Trinajstić information content (AvgIpc) is 2.67. The van der Waals surface area contributed by atoms with Crippen molar-refractivity contribution in [2.24, 2.45) is 0 Å². The van der Waals surface area contributed by atoms with Crippen molar-refractivity contribution in [2.75, 3.05) is 19.6 Å². The summed E-state index contributed by atoms with van der Waals surface area (Å²) in [5, 5.41) is 0. The Labute approximate surface area is 94.2 Å². The Morgan fingerprint density at radius 2 is 2.21 bits per heavy atom. The number of rotatable bonds is 2. The Morgan fingerprint density at radius 3 is 2.86 bits per heavy atom. The molecule has 0 saturated carbocycles. The van der Waals surface area contributed by atoms with E-state index in [4.69, 9.17) is 0 Å². The molecular formula is C12H16BrN. The summed E-state index contributed by atoms with van der Waals surface area (Å²) in [4.78, 5) is 2.52. The van der Waals surface area contributed by atoms with Gasteiger partial charge in [-0.05, 0) is 37.1 Å². The van der Waals surface area contributed by atoms with Crippen molar-refractivity contribution in [1.29, 1.82) is 0 Å². The molecule has 1 nitrogen and oxygen atoms in total. The van der Waals surface area contributed by atoms with E-state index >= 15 is 0 Å². The van der Waals surface area contributed by atoms with E-state index < -0.39 is 0 Å². The maximum Gasteiger partial charge on any atom is 0.0210 e. The summed E-state index contributed by atoms with van der Waals surface area (Å²) in [7, 11) is 0. The molecule has 2 rings (SSSR count). The fourth-order valence-corrected chi connectivity index (χ4v) is 2.79. The molecule has 76 valence electrons. The SMILES string of the molecule is CCN1CCC(c2ccccc2Br)C1. The van der Waals surface area contributed by atoms with E-state index in [9.17, 15) is 0 Å². The number of likely N-dealkylation sites (N-methyl/N-ethyl adjacent to an activating group) is 1. The Kier molecular flexibility index (Phi) is 3.24. The van der Waals surface area contributed by atoms with Crippen LogP contribution in [0.15, 0.2) is 28.7 Å². The molecule has 2 heteroatoms. The van der Waals surface area contributed by atoms with E-state index in [1.165, 1.54) is 36.1 Å². The zero-order valence-electron chi connectivity index (χ0n) is 8.54. The summed E-state index contributed by atoms with van der Waals surface area (Å²) in [6.07, 6.45) is 1.30. The summed E-state index contributed by atoms with van der Waals surface area (Å²) < 4.78 is 1.27. The van der Waals surface area contributed by atoms with Crippen molar-refractivity contribution in [3.05, 3.63) is 34.3 Å². The molecule has 1 atom stereocenters. The Bertz CT molecular complexity index is 311. The van der Waals surface area contributed by atoms with Gasteiger partial charge in [0.25, 0.3) is 0 Å². The minimum absolute atomic E-state index is 0.727. The van der Waals surface area contributed by atoms with Gasteiger partial charge >= 0.3 is 0 Å². The normalized spacial score (nSPS) is 22.9. The lowest BCUT2D eigenvalue weighted by Gasteiger charge is -2.14. The Morgan fingerprint density at radius 1 is 1.43 bits per heavy atom. The van der Waals surface area contributed by atoms with Crippen LogP contribution in [0.5, 0.6) is 0 Å². The molecule has 1 aromatic rings. The number of likely N-dealkylation sites (tertiary alicyclic amines) is 1. The summed E-state index contributed by atoms with van der Waals surface area (Å²) in [6.45, 7) is 5.89. The molecule has 0 aliphatic carbocycles. The van der Waals surface area contributed by atoms with E-state index in [-0.39, 0.29) is 0 Å². The molecule has 1 unspecified atom stereocenters. The number of hydrogen-bond acceptors (Lipinski definition) is 1. The molecule has 1 aromatic carbocycles. The van der Waals surface area contributed by atoms with Gasteiger partial charge in [0, 0.05) is 11.0 Å². The van der Waals surface area contributed by atoms with Crippen LogP contribution in [0.25, 0.3) is 0 Å². The van der Waals surface area contributed by atoms with Crippen molar-refractivity contribution < 1.29 is 0 Å². The third-order valence-corrected chi connectivity index (χ3v) is 3.79. The van der Waals surface area contributed by atoms with Gasteiger partial charge < -0.3 is 4.90 Å². The zero-order chi connectivity index (χ0) is 9.97. The Hall–Kier alpha value is -0.340. The molecule has 0 N–H and O–H groups in total. The summed E-state index contributed by atoms with van der Waals surface area (Å²) >= 11 is 3.63. The maximum absolute atomic E-state index is 3.63. The molecule has 0 spiro atoms. The highest BCUT2D eigenvalue weighted by molar-refractivity contribution is 9.10. The quantitative estimate of drug-likeness (QED) is 0.783. The first kappa shape index (κ1) is 10.2. The number of hydrogen-bond donors (Lipinski definition) is 0. The third-order valence-electron chi connectivity index (χ3n) is 3.06. The van der Waals surface area contributed by atoms with Gasteiger partial charge in [0.1, 0.15) is 0 Å². The maximum atomic E-state index is 3.63. The van der Waals surface area contributed by atoms with Crippen LogP contribution in [0.1, 0.15) is 24.8 Å². The molecule has 14 heavy (non-hydrogen) atoms. The van der Waals surface area contributed by atoms with Gasteiger partial charge in [-0.25, -0.2) is 0 Å². The standard InChI is InChI=1S/C12H16BrN/c1-2-14-8-7-10(9-14)11-5-3-4-6-12(11)13/h3-6,10H,2,7-9H2,1H3. The number of halogens is 1. The highest BCUT2D eigenvalue weighted by Crippen LogP contribution is 2.31. The fraction of sp³-hybridized carbons (Fsp3) is 0.500. The van der Waals surface area contributed by atoms with Gasteiger partial charge in [0.05, 0.1) is 0 Å². The molecule has 0 bridgehead atoms. The minimum Gasteiger partial charge on any atom is -0.303 e. The molecular weight excluding hydrogens is 238 g/mol. The largest absolute Gasteiger partial charge is 0.303 e. The van der Waals surface area contributed by atoms with E-state index in [2.05, 4.69) is 52.0 Å².